The average Bonchev–Trinajstić information content (AvgIpc) is 2.89. The Kier molecular flexibility index (Phi) is 4.94. The van der Waals surface area contributed by atoms with Gasteiger partial charge in [0.05, 0.1) is 26.5 Å². The normalized spacial score (nSPS) is 12.4. The van der Waals surface area contributed by atoms with Crippen LogP contribution in [0.25, 0.3) is 10.2 Å². The summed E-state index contributed by atoms with van der Waals surface area (Å²) >= 11 is 1.19. The number of aromatic nitrogens is 1. The largest absolute Gasteiger partial charge is 0.319 e. The smallest absolute Gasteiger partial charge is 0.270 e. The molecule has 10 heteroatoms. The minimum Gasteiger partial charge on any atom is -0.319 e. The van der Waals surface area contributed by atoms with Gasteiger partial charge in [-0.1, -0.05) is 23.5 Å². The zero-order chi connectivity index (χ0) is 19.8. The van der Waals surface area contributed by atoms with Crippen molar-refractivity contribution in [1.29, 1.82) is 0 Å². The van der Waals surface area contributed by atoms with Crippen LogP contribution in [0.15, 0.2) is 52.4 Å². The zero-order valence-electron chi connectivity index (χ0n) is 14.4. The van der Waals surface area contributed by atoms with E-state index in [4.69, 9.17) is 0 Å². The number of rotatable bonds is 4. The number of nitro benzene ring substituents is 1. The zero-order valence-corrected chi connectivity index (χ0v) is 16.1. The van der Waals surface area contributed by atoms with Crippen molar-refractivity contribution in [2.45, 2.75) is 11.3 Å². The number of aryl methyl sites for hydroxylation is 1. The monoisotopic (exact) mass is 405 g/mol. The van der Waals surface area contributed by atoms with Gasteiger partial charge in [-0.2, -0.15) is 4.99 Å². The van der Waals surface area contributed by atoms with Gasteiger partial charge in [0.1, 0.15) is 0 Å². The van der Waals surface area contributed by atoms with Crippen LogP contribution in [0.5, 0.6) is 0 Å². The minimum absolute atomic E-state index is 0.0202. The predicted octanol–water partition coefficient (Wildman–Crippen LogP) is 2.22. The third kappa shape index (κ3) is 4.12. The van der Waals surface area contributed by atoms with Crippen molar-refractivity contribution >= 4 is 43.0 Å². The Bertz CT molecular complexity index is 1220. The van der Waals surface area contributed by atoms with Gasteiger partial charge in [-0.05, 0) is 23.8 Å². The van der Waals surface area contributed by atoms with Crippen molar-refractivity contribution in [2.75, 3.05) is 6.26 Å². The van der Waals surface area contributed by atoms with Crippen molar-refractivity contribution in [2.24, 2.45) is 12.0 Å². The molecule has 0 unspecified atom stereocenters. The highest BCUT2D eigenvalue weighted by Crippen LogP contribution is 2.22. The summed E-state index contributed by atoms with van der Waals surface area (Å²) in [5.74, 6) is -0.390. The molecule has 2 aromatic carbocycles. The highest BCUT2D eigenvalue weighted by molar-refractivity contribution is 7.90. The third-order valence-corrected chi connectivity index (χ3v) is 6.15. The summed E-state index contributed by atoms with van der Waals surface area (Å²) in [6, 6.07) is 10.6. The topological polar surface area (TPSA) is 112 Å². The molecule has 1 aromatic heterocycles. The molecule has 0 saturated carbocycles. The number of hydrogen-bond acceptors (Lipinski definition) is 6. The molecule has 3 rings (SSSR count). The lowest BCUT2D eigenvalue weighted by molar-refractivity contribution is -0.384. The maximum Gasteiger partial charge on any atom is 0.270 e. The summed E-state index contributed by atoms with van der Waals surface area (Å²) in [5.41, 5.74) is 1.37. The Hall–Kier alpha value is -2.85. The lowest BCUT2D eigenvalue weighted by atomic mass is 10.1. The Morgan fingerprint density at radius 3 is 2.48 bits per heavy atom. The van der Waals surface area contributed by atoms with E-state index < -0.39 is 20.7 Å². The molecule has 0 radical (unpaired) electrons. The molecule has 0 saturated heterocycles. The van der Waals surface area contributed by atoms with E-state index in [0.717, 1.165) is 11.8 Å². The predicted molar refractivity (Wildman–Crippen MR) is 101 cm³/mol. The molecule has 27 heavy (non-hydrogen) atoms. The molecule has 0 aliphatic heterocycles. The van der Waals surface area contributed by atoms with Gasteiger partial charge in [-0.15, -0.1) is 0 Å². The molecule has 0 spiro atoms. The number of fused-ring (bicyclic) bond motifs is 1. The second-order valence-electron chi connectivity index (χ2n) is 5.95. The fourth-order valence-corrected chi connectivity index (χ4v) is 4.22. The van der Waals surface area contributed by atoms with Crippen LogP contribution in [0.4, 0.5) is 5.69 Å². The standard InChI is InChI=1S/C17H15N3O5S2/c1-19-14-8-5-12(20(22)23)10-15(14)26-17(19)18-16(21)9-11-3-6-13(7-4-11)27(2,24)25/h3-8,10H,9H2,1-2H3. The minimum atomic E-state index is -3.28. The van der Waals surface area contributed by atoms with Crippen LogP contribution in [0.1, 0.15) is 5.56 Å². The van der Waals surface area contributed by atoms with Gasteiger partial charge in [-0.3, -0.25) is 14.9 Å². The summed E-state index contributed by atoms with van der Waals surface area (Å²) in [6.07, 6.45) is 1.15. The van der Waals surface area contributed by atoms with Crippen LogP contribution in [0, 0.1) is 10.1 Å². The molecule has 140 valence electrons. The van der Waals surface area contributed by atoms with Crippen LogP contribution in [-0.4, -0.2) is 30.1 Å². The number of sulfone groups is 1. The molecule has 8 nitrogen and oxygen atoms in total. The van der Waals surface area contributed by atoms with Gasteiger partial charge in [0.2, 0.25) is 0 Å². The van der Waals surface area contributed by atoms with Crippen LogP contribution >= 0.6 is 11.3 Å². The molecule has 3 aromatic rings. The molecule has 0 N–H and O–H groups in total. The van der Waals surface area contributed by atoms with E-state index in [2.05, 4.69) is 4.99 Å². The summed E-state index contributed by atoms with van der Waals surface area (Å²) in [4.78, 5) is 27.4. The van der Waals surface area contributed by atoms with Gasteiger partial charge >= 0.3 is 0 Å². The molecule has 0 aliphatic carbocycles. The number of nitro groups is 1. The van der Waals surface area contributed by atoms with Crippen molar-refractivity contribution in [1.82, 2.24) is 4.57 Å². The van der Waals surface area contributed by atoms with Crippen LogP contribution in [0.2, 0.25) is 0 Å². The maximum atomic E-state index is 12.3. The SMILES string of the molecule is Cn1c(=NC(=O)Cc2ccc(S(C)(=O)=O)cc2)sc2cc([N+](=O)[O-])ccc21. The second kappa shape index (κ2) is 7.05. The van der Waals surface area contributed by atoms with Gasteiger partial charge < -0.3 is 4.57 Å². The number of thiazole rings is 1. The van der Waals surface area contributed by atoms with E-state index >= 15 is 0 Å². The Balaban J connectivity index is 1.88. The van der Waals surface area contributed by atoms with E-state index in [1.54, 1.807) is 29.8 Å². The Morgan fingerprint density at radius 2 is 1.89 bits per heavy atom. The van der Waals surface area contributed by atoms with Gasteiger partial charge in [-0.25, -0.2) is 8.42 Å². The molecule has 0 fully saturated rings. The molecule has 0 aliphatic rings. The Morgan fingerprint density at radius 1 is 1.22 bits per heavy atom. The van der Waals surface area contributed by atoms with Gasteiger partial charge in [0.25, 0.3) is 11.6 Å². The first-order valence-electron chi connectivity index (χ1n) is 7.75. The first-order valence-corrected chi connectivity index (χ1v) is 10.5. The van der Waals surface area contributed by atoms with E-state index in [1.165, 1.54) is 35.6 Å². The third-order valence-electron chi connectivity index (χ3n) is 3.93. The van der Waals surface area contributed by atoms with Crippen molar-refractivity contribution in [3.05, 3.63) is 62.9 Å². The lowest BCUT2D eigenvalue weighted by Gasteiger charge is -2.00. The summed E-state index contributed by atoms with van der Waals surface area (Å²) < 4.78 is 25.3. The molecule has 1 amide bonds. The van der Waals surface area contributed by atoms with Gasteiger partial charge in [0.15, 0.2) is 14.6 Å². The van der Waals surface area contributed by atoms with E-state index in [-0.39, 0.29) is 17.0 Å². The summed E-state index contributed by atoms with van der Waals surface area (Å²) in [7, 11) is -1.55. The van der Waals surface area contributed by atoms with Crippen LogP contribution < -0.4 is 4.80 Å². The average molecular weight is 405 g/mol. The molecule has 1 heterocycles. The molecule has 0 bridgehead atoms. The summed E-state index contributed by atoms with van der Waals surface area (Å²) in [5, 5.41) is 10.9. The number of hydrogen-bond donors (Lipinski definition) is 0. The van der Waals surface area contributed by atoms with E-state index in [0.29, 0.717) is 15.1 Å². The van der Waals surface area contributed by atoms with Crippen molar-refractivity contribution in [3.63, 3.8) is 0 Å². The van der Waals surface area contributed by atoms with Crippen molar-refractivity contribution in [3.8, 4) is 0 Å². The van der Waals surface area contributed by atoms with E-state index in [1.807, 2.05) is 0 Å². The van der Waals surface area contributed by atoms with E-state index in [9.17, 15) is 23.3 Å². The second-order valence-corrected chi connectivity index (χ2v) is 8.98. The molecular formula is C17H15N3O5S2. The highest BCUT2D eigenvalue weighted by Gasteiger charge is 2.12. The number of nitrogens with zero attached hydrogens (tertiary/aromatic N) is 3. The number of benzene rings is 2. The fraction of sp³-hybridized carbons (Fsp3) is 0.176. The number of carbonyl (C=O) groups is 1. The van der Waals surface area contributed by atoms with Crippen LogP contribution in [-0.2, 0) is 28.1 Å². The number of carbonyl (C=O) groups excluding carboxylic acids is 1. The number of non-ortho nitro benzene ring substituents is 1. The molecule has 0 atom stereocenters. The van der Waals surface area contributed by atoms with Gasteiger partial charge in [0, 0.05) is 25.4 Å². The molecular weight excluding hydrogens is 390 g/mol. The summed E-state index contributed by atoms with van der Waals surface area (Å²) in [6.45, 7) is 0. The first-order chi connectivity index (χ1) is 12.6. The first kappa shape index (κ1) is 18.9. The number of amides is 1. The highest BCUT2D eigenvalue weighted by atomic mass is 32.2. The van der Waals surface area contributed by atoms with Crippen LogP contribution in [0.3, 0.4) is 0 Å². The maximum absolute atomic E-state index is 12.3. The van der Waals surface area contributed by atoms with Crippen molar-refractivity contribution < 1.29 is 18.1 Å². The lowest BCUT2D eigenvalue weighted by Crippen LogP contribution is -2.14. The quantitative estimate of drug-likeness (QED) is 0.488. The Labute approximate surface area is 158 Å². The fourth-order valence-electron chi connectivity index (χ4n) is 2.52.